The minimum absolute atomic E-state index is 0.00492. The van der Waals surface area contributed by atoms with E-state index in [0.717, 1.165) is 68.4 Å². The lowest BCUT2D eigenvalue weighted by atomic mass is 9.75. The third-order valence-electron chi connectivity index (χ3n) is 8.54. The molecule has 3 aliphatic rings. The summed E-state index contributed by atoms with van der Waals surface area (Å²) in [5.41, 5.74) is 3.09. The van der Waals surface area contributed by atoms with Gasteiger partial charge in [-0.15, -0.1) is 0 Å². The van der Waals surface area contributed by atoms with Crippen LogP contribution in [0.4, 0.5) is 0 Å². The summed E-state index contributed by atoms with van der Waals surface area (Å²) in [5.74, 6) is 2.08. The third kappa shape index (κ3) is 5.68. The Morgan fingerprint density at radius 3 is 2.26 bits per heavy atom. The zero-order valence-electron chi connectivity index (χ0n) is 22.7. The van der Waals surface area contributed by atoms with Gasteiger partial charge in [-0.25, -0.2) is 0 Å². The van der Waals surface area contributed by atoms with Crippen LogP contribution in [0.2, 0.25) is 5.02 Å². The van der Waals surface area contributed by atoms with Gasteiger partial charge in [-0.2, -0.15) is 0 Å². The van der Waals surface area contributed by atoms with Crippen molar-refractivity contribution in [3.8, 4) is 11.5 Å². The molecule has 0 bridgehead atoms. The number of benzene rings is 2. The number of rotatable bonds is 7. The van der Waals surface area contributed by atoms with E-state index in [1.807, 2.05) is 44.2 Å². The molecule has 2 aromatic carbocycles. The lowest BCUT2D eigenvalue weighted by Gasteiger charge is -2.46. The Morgan fingerprint density at radius 1 is 0.974 bits per heavy atom. The van der Waals surface area contributed by atoms with Crippen LogP contribution in [0.1, 0.15) is 75.1 Å². The highest BCUT2D eigenvalue weighted by Gasteiger charge is 2.41. The summed E-state index contributed by atoms with van der Waals surface area (Å²) >= 11 is 6.25. The van der Waals surface area contributed by atoms with E-state index in [9.17, 15) is 9.90 Å². The molecule has 206 valence electrons. The highest BCUT2D eigenvalue weighted by Crippen LogP contribution is 2.45. The predicted octanol–water partition coefficient (Wildman–Crippen LogP) is 5.96. The molecule has 2 aromatic rings. The van der Waals surface area contributed by atoms with Gasteiger partial charge in [0.2, 0.25) is 5.91 Å². The zero-order chi connectivity index (χ0) is 26.8. The van der Waals surface area contributed by atoms with Crippen LogP contribution in [0.25, 0.3) is 0 Å². The first-order chi connectivity index (χ1) is 18.4. The lowest BCUT2D eigenvalue weighted by Crippen LogP contribution is -2.49. The summed E-state index contributed by atoms with van der Waals surface area (Å²) in [4.78, 5) is 15.9. The first-order valence-corrected chi connectivity index (χ1v) is 14.4. The molecule has 1 N–H and O–H groups in total. The quantitative estimate of drug-likeness (QED) is 0.468. The van der Waals surface area contributed by atoms with Crippen LogP contribution in [0.15, 0.2) is 36.4 Å². The number of carbonyl (C=O) groups excluding carboxylic acids is 1. The first kappa shape index (κ1) is 27.3. The number of hydrogen-bond donors (Lipinski definition) is 1. The summed E-state index contributed by atoms with van der Waals surface area (Å²) in [6.45, 7) is 5.49. The van der Waals surface area contributed by atoms with Gasteiger partial charge in [-0.1, -0.05) is 23.7 Å². The Morgan fingerprint density at radius 2 is 1.63 bits per heavy atom. The smallest absolute Gasteiger partial charge is 0.228 e. The van der Waals surface area contributed by atoms with Crippen molar-refractivity contribution in [3.63, 3.8) is 0 Å². The maximum Gasteiger partial charge on any atom is 0.228 e. The molecule has 7 heteroatoms. The number of aliphatic hydroxyl groups is 1. The number of carbonyl (C=O) groups is 1. The van der Waals surface area contributed by atoms with E-state index in [-0.39, 0.29) is 36.1 Å². The number of halogens is 1. The van der Waals surface area contributed by atoms with Gasteiger partial charge in [0.15, 0.2) is 11.5 Å². The molecular formula is C31H40ClNO5. The van der Waals surface area contributed by atoms with Crippen molar-refractivity contribution in [2.75, 3.05) is 20.3 Å². The summed E-state index contributed by atoms with van der Waals surface area (Å²) in [6, 6.07) is 11.7. The number of ether oxygens (including phenoxy) is 3. The Labute approximate surface area is 231 Å². The van der Waals surface area contributed by atoms with Crippen LogP contribution in [0.3, 0.4) is 0 Å². The molecule has 0 spiro atoms. The van der Waals surface area contributed by atoms with Crippen LogP contribution < -0.4 is 9.47 Å². The van der Waals surface area contributed by atoms with Gasteiger partial charge in [0.25, 0.3) is 0 Å². The summed E-state index contributed by atoms with van der Waals surface area (Å²) in [7, 11) is 1.63. The van der Waals surface area contributed by atoms with E-state index in [2.05, 4.69) is 11.0 Å². The van der Waals surface area contributed by atoms with Gasteiger partial charge in [0.1, 0.15) is 0 Å². The molecule has 1 aliphatic carbocycles. The molecule has 5 rings (SSSR count). The Kier molecular flexibility index (Phi) is 8.51. The van der Waals surface area contributed by atoms with Crippen molar-refractivity contribution in [3.05, 3.63) is 58.1 Å². The monoisotopic (exact) mass is 541 g/mol. The molecule has 2 atom stereocenters. The average molecular weight is 542 g/mol. The molecule has 1 saturated heterocycles. The number of methoxy groups -OCH3 is 1. The normalized spacial score (nSPS) is 25.3. The molecule has 6 nitrogen and oxygen atoms in total. The minimum atomic E-state index is -0.284. The minimum Gasteiger partial charge on any atom is -0.493 e. The number of hydrogen-bond acceptors (Lipinski definition) is 5. The van der Waals surface area contributed by atoms with Gasteiger partial charge in [-0.05, 0) is 105 Å². The van der Waals surface area contributed by atoms with Crippen molar-refractivity contribution in [1.29, 1.82) is 0 Å². The van der Waals surface area contributed by atoms with Crippen LogP contribution in [0.5, 0.6) is 11.5 Å². The molecule has 38 heavy (non-hydrogen) atoms. The van der Waals surface area contributed by atoms with E-state index in [1.54, 1.807) is 7.11 Å². The van der Waals surface area contributed by atoms with Gasteiger partial charge >= 0.3 is 0 Å². The van der Waals surface area contributed by atoms with E-state index in [1.165, 1.54) is 0 Å². The maximum atomic E-state index is 13.8. The molecule has 1 saturated carbocycles. The fourth-order valence-electron chi connectivity index (χ4n) is 6.64. The van der Waals surface area contributed by atoms with E-state index >= 15 is 0 Å². The van der Waals surface area contributed by atoms with Gasteiger partial charge in [-0.3, -0.25) is 4.79 Å². The molecule has 2 fully saturated rings. The van der Waals surface area contributed by atoms with Crippen LogP contribution in [0, 0.1) is 11.8 Å². The van der Waals surface area contributed by atoms with Crippen LogP contribution >= 0.6 is 11.6 Å². The molecule has 2 unspecified atom stereocenters. The number of fused-ring (bicyclic) bond motifs is 1. The summed E-state index contributed by atoms with van der Waals surface area (Å²) in [5, 5.41) is 11.8. The molecule has 1 amide bonds. The molecular weight excluding hydrogens is 502 g/mol. The summed E-state index contributed by atoms with van der Waals surface area (Å²) < 4.78 is 17.3. The second-order valence-electron chi connectivity index (χ2n) is 11.3. The Bertz CT molecular complexity index is 1110. The number of aliphatic hydroxyl groups excluding tert-OH is 1. The molecule has 2 aliphatic heterocycles. The highest BCUT2D eigenvalue weighted by molar-refractivity contribution is 6.30. The second-order valence-corrected chi connectivity index (χ2v) is 11.7. The summed E-state index contributed by atoms with van der Waals surface area (Å²) in [6.07, 6.45) is 5.56. The largest absolute Gasteiger partial charge is 0.493 e. The fourth-order valence-corrected chi connectivity index (χ4v) is 6.77. The van der Waals surface area contributed by atoms with Gasteiger partial charge in [0, 0.05) is 24.3 Å². The fraction of sp³-hybridized carbons (Fsp3) is 0.581. The van der Waals surface area contributed by atoms with Crippen LogP contribution in [-0.4, -0.2) is 54.5 Å². The Balaban J connectivity index is 1.45. The lowest BCUT2D eigenvalue weighted by molar-refractivity contribution is -0.137. The van der Waals surface area contributed by atoms with E-state index < -0.39 is 0 Å². The topological polar surface area (TPSA) is 68.2 Å². The van der Waals surface area contributed by atoms with E-state index in [4.69, 9.17) is 25.8 Å². The van der Waals surface area contributed by atoms with Crippen LogP contribution in [-0.2, 0) is 16.0 Å². The Hall–Kier alpha value is -2.28. The van der Waals surface area contributed by atoms with Crippen molar-refractivity contribution in [1.82, 2.24) is 4.90 Å². The van der Waals surface area contributed by atoms with E-state index in [0.29, 0.717) is 28.9 Å². The van der Waals surface area contributed by atoms with Gasteiger partial charge in [0.05, 0.1) is 31.8 Å². The average Bonchev–Trinajstić information content (AvgIpc) is 2.93. The highest BCUT2D eigenvalue weighted by atomic mass is 35.5. The van der Waals surface area contributed by atoms with Crippen molar-refractivity contribution < 1.29 is 24.1 Å². The standard InChI is InChI=1S/C31H40ClNO5/c1-19(2)38-28-18-26-23(16-27(28)36-3)17-29(34)33(30(26)20-4-8-24(32)9-5-20)25-10-6-21(7-11-25)31(35)22-12-14-37-15-13-22/h4-5,8-9,16,18-19,21-22,25,30-31,35H,6-7,10-15,17H2,1-3H3/t21-,25-,30?,31?. The predicted molar refractivity (Wildman–Crippen MR) is 148 cm³/mol. The maximum absolute atomic E-state index is 13.8. The SMILES string of the molecule is COc1cc2c(cc1OC(C)C)C(c1ccc(Cl)cc1)N([C@H]1CC[C@H](C(O)C3CCOCC3)CC1)C(=O)C2. The van der Waals surface area contributed by atoms with Crippen molar-refractivity contribution >= 4 is 17.5 Å². The third-order valence-corrected chi connectivity index (χ3v) is 8.79. The van der Waals surface area contributed by atoms with Crippen molar-refractivity contribution in [2.24, 2.45) is 11.8 Å². The number of nitrogens with zero attached hydrogens (tertiary/aromatic N) is 1. The second kappa shape index (κ2) is 11.8. The number of amides is 1. The molecule has 0 aromatic heterocycles. The van der Waals surface area contributed by atoms with Crippen molar-refractivity contribution in [2.45, 2.75) is 83.1 Å². The molecule has 2 heterocycles. The molecule has 0 radical (unpaired) electrons. The first-order valence-electron chi connectivity index (χ1n) is 14.1. The zero-order valence-corrected chi connectivity index (χ0v) is 23.5. The van der Waals surface area contributed by atoms with Gasteiger partial charge < -0.3 is 24.2 Å².